The lowest BCUT2D eigenvalue weighted by Crippen LogP contribution is -2.66. The van der Waals surface area contributed by atoms with Gasteiger partial charge in [0.25, 0.3) is 0 Å². The van der Waals surface area contributed by atoms with Crippen molar-refractivity contribution in [3.63, 3.8) is 0 Å². The van der Waals surface area contributed by atoms with Crippen LogP contribution in [0, 0.1) is 0 Å². The minimum atomic E-state index is -0.618. The van der Waals surface area contributed by atoms with Gasteiger partial charge in [0.2, 0.25) is 5.91 Å². The molecule has 1 amide bonds. The number of ether oxygens (including phenoxy) is 5. The molecule has 7 heteroatoms. The van der Waals surface area contributed by atoms with Crippen LogP contribution in [0.15, 0.2) is 0 Å². The summed E-state index contributed by atoms with van der Waals surface area (Å²) in [5, 5.41) is 2.90. The molecule has 5 atom stereocenters. The fourth-order valence-corrected chi connectivity index (χ4v) is 2.83. The van der Waals surface area contributed by atoms with E-state index in [0.717, 1.165) is 0 Å². The van der Waals surface area contributed by atoms with E-state index in [1.165, 1.54) is 6.92 Å². The summed E-state index contributed by atoms with van der Waals surface area (Å²) in [6.07, 6.45) is -1.71. The SMILES string of the molecule is CCOC[C@H]1O[C@H](OC(C)C)[C@H](NC(C)=O)[C@@H](OCC)[C@@H]1OCC. The first-order valence-electron chi connectivity index (χ1n) is 8.83. The maximum Gasteiger partial charge on any atom is 0.217 e. The highest BCUT2D eigenvalue weighted by atomic mass is 16.7. The van der Waals surface area contributed by atoms with Crippen molar-refractivity contribution < 1.29 is 28.5 Å². The van der Waals surface area contributed by atoms with Crippen LogP contribution in [-0.2, 0) is 28.5 Å². The van der Waals surface area contributed by atoms with Gasteiger partial charge in [-0.1, -0.05) is 0 Å². The zero-order chi connectivity index (χ0) is 18.1. The fourth-order valence-electron chi connectivity index (χ4n) is 2.83. The Balaban J connectivity index is 3.07. The average Bonchev–Trinajstić information content (AvgIpc) is 2.50. The monoisotopic (exact) mass is 347 g/mol. The number of nitrogens with one attached hydrogen (secondary N) is 1. The third kappa shape index (κ3) is 6.29. The highest BCUT2D eigenvalue weighted by molar-refractivity contribution is 5.73. The van der Waals surface area contributed by atoms with E-state index in [0.29, 0.717) is 26.4 Å². The maximum atomic E-state index is 11.7. The van der Waals surface area contributed by atoms with E-state index < -0.39 is 12.3 Å². The van der Waals surface area contributed by atoms with Crippen LogP contribution in [0.1, 0.15) is 41.5 Å². The normalized spacial score (nSPS) is 30.5. The highest BCUT2D eigenvalue weighted by Crippen LogP contribution is 2.28. The standard InChI is InChI=1S/C17H33NO6/c1-7-20-10-13-15(21-8-2)16(22-9-3)14(18-12(6)19)17(24-13)23-11(4)5/h11,13-17H,7-10H2,1-6H3,(H,18,19)/t13-,14-,15-,16-,17+/m1/s1. The summed E-state index contributed by atoms with van der Waals surface area (Å²) in [5.41, 5.74) is 0. The van der Waals surface area contributed by atoms with E-state index in [2.05, 4.69) is 5.32 Å². The van der Waals surface area contributed by atoms with Gasteiger partial charge in [-0.25, -0.2) is 0 Å². The van der Waals surface area contributed by atoms with Crippen LogP contribution >= 0.6 is 0 Å². The van der Waals surface area contributed by atoms with E-state index in [4.69, 9.17) is 23.7 Å². The minimum absolute atomic E-state index is 0.0510. The van der Waals surface area contributed by atoms with Gasteiger partial charge in [-0.05, 0) is 34.6 Å². The van der Waals surface area contributed by atoms with Gasteiger partial charge in [0.15, 0.2) is 6.29 Å². The van der Waals surface area contributed by atoms with Crippen LogP contribution in [0.2, 0.25) is 0 Å². The molecule has 1 heterocycles. The first-order chi connectivity index (χ1) is 11.4. The molecule has 0 bridgehead atoms. The maximum absolute atomic E-state index is 11.7. The molecule has 1 aliphatic rings. The smallest absolute Gasteiger partial charge is 0.217 e. The molecule has 1 rings (SSSR count). The summed E-state index contributed by atoms with van der Waals surface area (Å²) in [6, 6.07) is -0.445. The molecule has 0 spiro atoms. The molecule has 142 valence electrons. The molecular formula is C17H33NO6. The Morgan fingerprint density at radius 3 is 2.21 bits per heavy atom. The molecule has 7 nitrogen and oxygen atoms in total. The zero-order valence-corrected chi connectivity index (χ0v) is 15.7. The number of rotatable bonds is 10. The molecule has 0 radical (unpaired) electrons. The Kier molecular flexibility index (Phi) is 9.76. The van der Waals surface area contributed by atoms with Crippen molar-refractivity contribution in [3.8, 4) is 0 Å². The number of hydrogen-bond acceptors (Lipinski definition) is 6. The molecule has 1 N–H and O–H groups in total. The van der Waals surface area contributed by atoms with Crippen molar-refractivity contribution in [2.24, 2.45) is 0 Å². The topological polar surface area (TPSA) is 75.2 Å². The number of amides is 1. The summed E-state index contributed by atoms with van der Waals surface area (Å²) < 4.78 is 29.3. The zero-order valence-electron chi connectivity index (χ0n) is 15.7. The Morgan fingerprint density at radius 1 is 1.08 bits per heavy atom. The van der Waals surface area contributed by atoms with Crippen molar-refractivity contribution in [3.05, 3.63) is 0 Å². The molecule has 0 aromatic rings. The van der Waals surface area contributed by atoms with Gasteiger partial charge in [0.1, 0.15) is 24.4 Å². The van der Waals surface area contributed by atoms with Gasteiger partial charge in [-0.15, -0.1) is 0 Å². The Bertz CT molecular complexity index is 365. The van der Waals surface area contributed by atoms with Gasteiger partial charge in [0.05, 0.1) is 12.7 Å². The summed E-state index contributed by atoms with van der Waals surface area (Å²) in [6.45, 7) is 13.1. The lowest BCUT2D eigenvalue weighted by atomic mass is 9.96. The molecule has 1 fully saturated rings. The Hall–Kier alpha value is -0.730. The second kappa shape index (κ2) is 11.0. The molecule has 24 heavy (non-hydrogen) atoms. The van der Waals surface area contributed by atoms with Gasteiger partial charge in [-0.2, -0.15) is 0 Å². The van der Waals surface area contributed by atoms with Crippen LogP contribution < -0.4 is 5.32 Å². The Morgan fingerprint density at radius 2 is 1.71 bits per heavy atom. The van der Waals surface area contributed by atoms with E-state index in [1.54, 1.807) is 0 Å². The summed E-state index contributed by atoms with van der Waals surface area (Å²) in [4.78, 5) is 11.7. The fraction of sp³-hybridized carbons (Fsp3) is 0.941. The predicted octanol–water partition coefficient (Wildman–Crippen LogP) is 1.49. The first-order valence-corrected chi connectivity index (χ1v) is 8.83. The number of carbonyl (C=O) groups is 1. The van der Waals surface area contributed by atoms with Crippen molar-refractivity contribution in [1.82, 2.24) is 5.32 Å². The third-order valence-corrected chi connectivity index (χ3v) is 3.63. The van der Waals surface area contributed by atoms with Crippen LogP contribution in [0.4, 0.5) is 0 Å². The van der Waals surface area contributed by atoms with Gasteiger partial charge >= 0.3 is 0 Å². The van der Waals surface area contributed by atoms with Crippen LogP contribution in [-0.4, -0.2) is 69.1 Å². The molecule has 0 aliphatic carbocycles. The lowest BCUT2D eigenvalue weighted by molar-refractivity contribution is -0.292. The average molecular weight is 347 g/mol. The first kappa shape index (κ1) is 21.3. The molecule has 1 aliphatic heterocycles. The van der Waals surface area contributed by atoms with Gasteiger partial charge < -0.3 is 29.0 Å². The van der Waals surface area contributed by atoms with E-state index >= 15 is 0 Å². The van der Waals surface area contributed by atoms with Crippen LogP contribution in [0.5, 0.6) is 0 Å². The lowest BCUT2D eigenvalue weighted by Gasteiger charge is -2.46. The van der Waals surface area contributed by atoms with E-state index in [1.807, 2.05) is 34.6 Å². The molecule has 0 saturated carbocycles. The predicted molar refractivity (Wildman–Crippen MR) is 89.8 cm³/mol. The molecule has 1 saturated heterocycles. The number of carbonyl (C=O) groups excluding carboxylic acids is 1. The molecular weight excluding hydrogens is 314 g/mol. The molecule has 0 aromatic heterocycles. The van der Waals surface area contributed by atoms with Crippen molar-refractivity contribution in [2.45, 2.75) is 78.3 Å². The molecule has 0 aromatic carbocycles. The third-order valence-electron chi connectivity index (χ3n) is 3.63. The summed E-state index contributed by atoms with van der Waals surface area (Å²) >= 11 is 0. The summed E-state index contributed by atoms with van der Waals surface area (Å²) in [5.74, 6) is -0.163. The van der Waals surface area contributed by atoms with Crippen molar-refractivity contribution in [2.75, 3.05) is 26.4 Å². The molecule has 0 unspecified atom stereocenters. The number of hydrogen-bond donors (Lipinski definition) is 1. The highest BCUT2D eigenvalue weighted by Gasteiger charge is 2.48. The largest absolute Gasteiger partial charge is 0.379 e. The van der Waals surface area contributed by atoms with E-state index in [-0.39, 0.29) is 30.3 Å². The Labute approximate surface area is 145 Å². The van der Waals surface area contributed by atoms with Gasteiger partial charge in [-0.3, -0.25) is 4.79 Å². The second-order valence-electron chi connectivity index (χ2n) is 5.95. The quantitative estimate of drug-likeness (QED) is 0.645. The van der Waals surface area contributed by atoms with E-state index in [9.17, 15) is 4.79 Å². The van der Waals surface area contributed by atoms with Crippen LogP contribution in [0.25, 0.3) is 0 Å². The summed E-state index contributed by atoms with van der Waals surface area (Å²) in [7, 11) is 0. The minimum Gasteiger partial charge on any atom is -0.379 e. The van der Waals surface area contributed by atoms with Gasteiger partial charge in [0, 0.05) is 26.7 Å². The second-order valence-corrected chi connectivity index (χ2v) is 5.95. The van der Waals surface area contributed by atoms with Crippen molar-refractivity contribution >= 4 is 5.91 Å². The van der Waals surface area contributed by atoms with Crippen LogP contribution in [0.3, 0.4) is 0 Å². The van der Waals surface area contributed by atoms with Crippen molar-refractivity contribution in [1.29, 1.82) is 0 Å².